The normalized spacial score (nSPS) is 15.0. The van der Waals surface area contributed by atoms with Crippen LogP contribution in [0.25, 0.3) is 0 Å². The van der Waals surface area contributed by atoms with Crippen LogP contribution >= 0.6 is 15.9 Å². The van der Waals surface area contributed by atoms with E-state index in [1.54, 1.807) is 0 Å². The number of rotatable bonds is 7. The summed E-state index contributed by atoms with van der Waals surface area (Å²) in [6, 6.07) is 0. The van der Waals surface area contributed by atoms with Crippen molar-refractivity contribution in [2.75, 3.05) is 5.33 Å². The third-order valence-electron chi connectivity index (χ3n) is 3.18. The van der Waals surface area contributed by atoms with Gasteiger partial charge in [0.2, 0.25) is 0 Å². The first kappa shape index (κ1) is 13.6. The highest BCUT2D eigenvalue weighted by atomic mass is 79.9. The fourth-order valence-corrected chi connectivity index (χ4v) is 2.76. The predicted molar refractivity (Wildman–Crippen MR) is 68.5 cm³/mol. The molecule has 0 aromatic carbocycles. The van der Waals surface area contributed by atoms with Crippen LogP contribution < -0.4 is 0 Å². The van der Waals surface area contributed by atoms with E-state index in [-0.39, 0.29) is 0 Å². The summed E-state index contributed by atoms with van der Waals surface area (Å²) in [5.41, 5.74) is 0.291. The molecule has 0 aliphatic carbocycles. The Morgan fingerprint density at radius 2 is 2.12 bits per heavy atom. The highest BCUT2D eigenvalue weighted by Gasteiger charge is 2.28. The summed E-state index contributed by atoms with van der Waals surface area (Å²) >= 11 is 3.64. The van der Waals surface area contributed by atoms with Gasteiger partial charge in [-0.05, 0) is 23.5 Å². The Morgan fingerprint density at radius 3 is 2.56 bits per heavy atom. The molecule has 1 atom stereocenters. The lowest BCUT2D eigenvalue weighted by Gasteiger charge is -2.29. The lowest BCUT2D eigenvalue weighted by molar-refractivity contribution is 0.278. The summed E-state index contributed by atoms with van der Waals surface area (Å²) in [5, 5.41) is 13.3. The maximum atomic E-state index is 4.27. The number of hydrogen-bond acceptors (Lipinski definition) is 3. The van der Waals surface area contributed by atoms with Gasteiger partial charge in [0, 0.05) is 11.8 Å². The third-order valence-corrected chi connectivity index (χ3v) is 4.37. The maximum absolute atomic E-state index is 4.27. The molecular weight excluding hydrogens is 268 g/mol. The SMILES string of the molecule is CCCCC(CC)(CBr)Cc1nnn(C)n1. The fraction of sp³-hybridized carbons (Fsp3) is 0.909. The van der Waals surface area contributed by atoms with Crippen LogP contribution in [-0.2, 0) is 13.5 Å². The Kier molecular flexibility index (Phi) is 5.38. The summed E-state index contributed by atoms with van der Waals surface area (Å²) in [5.74, 6) is 0.861. The molecule has 1 heterocycles. The smallest absolute Gasteiger partial charge is 0.167 e. The maximum Gasteiger partial charge on any atom is 0.175 e. The number of nitrogens with zero attached hydrogens (tertiary/aromatic N) is 4. The van der Waals surface area contributed by atoms with E-state index in [1.165, 1.54) is 24.1 Å². The number of alkyl halides is 1. The molecule has 0 aliphatic rings. The molecule has 92 valence electrons. The van der Waals surface area contributed by atoms with Crippen molar-refractivity contribution in [2.45, 2.75) is 46.0 Å². The molecule has 1 aromatic rings. The molecule has 0 spiro atoms. The standard InChI is InChI=1S/C11H21BrN4/c1-4-6-7-11(5-2,9-12)8-10-13-15-16(3)14-10/h4-9H2,1-3H3. The van der Waals surface area contributed by atoms with Gasteiger partial charge in [-0.2, -0.15) is 4.80 Å². The molecule has 0 aliphatic heterocycles. The van der Waals surface area contributed by atoms with Crippen LogP contribution in [0.5, 0.6) is 0 Å². The average molecular weight is 289 g/mol. The Morgan fingerprint density at radius 1 is 1.38 bits per heavy atom. The highest BCUT2D eigenvalue weighted by Crippen LogP contribution is 2.34. The number of aromatic nitrogens is 4. The topological polar surface area (TPSA) is 43.6 Å². The minimum atomic E-state index is 0.291. The summed E-state index contributed by atoms with van der Waals surface area (Å²) < 4.78 is 0. The van der Waals surface area contributed by atoms with Crippen LogP contribution in [0.15, 0.2) is 0 Å². The van der Waals surface area contributed by atoms with Crippen molar-refractivity contribution < 1.29 is 0 Å². The first-order valence-electron chi connectivity index (χ1n) is 5.94. The molecule has 16 heavy (non-hydrogen) atoms. The van der Waals surface area contributed by atoms with Crippen LogP contribution in [-0.4, -0.2) is 25.5 Å². The summed E-state index contributed by atoms with van der Waals surface area (Å²) in [7, 11) is 1.81. The quantitative estimate of drug-likeness (QED) is 0.725. The average Bonchev–Trinajstić information content (AvgIpc) is 2.70. The van der Waals surface area contributed by atoms with Crippen molar-refractivity contribution in [3.05, 3.63) is 5.82 Å². The van der Waals surface area contributed by atoms with Gasteiger partial charge in [-0.3, -0.25) is 0 Å². The zero-order chi connectivity index (χ0) is 12.0. The molecule has 0 amide bonds. The van der Waals surface area contributed by atoms with Crippen molar-refractivity contribution in [1.82, 2.24) is 20.2 Å². The van der Waals surface area contributed by atoms with Crippen molar-refractivity contribution in [3.63, 3.8) is 0 Å². The molecule has 4 nitrogen and oxygen atoms in total. The van der Waals surface area contributed by atoms with Crippen molar-refractivity contribution in [1.29, 1.82) is 0 Å². The second-order valence-electron chi connectivity index (χ2n) is 4.46. The number of hydrogen-bond donors (Lipinski definition) is 0. The molecular formula is C11H21BrN4. The molecule has 0 radical (unpaired) electrons. The van der Waals surface area contributed by atoms with Crippen LogP contribution in [0.4, 0.5) is 0 Å². The summed E-state index contributed by atoms with van der Waals surface area (Å²) in [6.07, 6.45) is 5.80. The van der Waals surface area contributed by atoms with Crippen LogP contribution in [0, 0.1) is 5.41 Å². The van der Waals surface area contributed by atoms with Gasteiger partial charge in [-0.1, -0.05) is 42.6 Å². The van der Waals surface area contributed by atoms with Crippen LogP contribution in [0.3, 0.4) is 0 Å². The minimum absolute atomic E-state index is 0.291. The lowest BCUT2D eigenvalue weighted by atomic mass is 9.79. The molecule has 0 N–H and O–H groups in total. The summed E-state index contributed by atoms with van der Waals surface area (Å²) in [4.78, 5) is 1.53. The van der Waals surface area contributed by atoms with Crippen molar-refractivity contribution in [2.24, 2.45) is 12.5 Å². The van der Waals surface area contributed by atoms with Gasteiger partial charge in [-0.15, -0.1) is 10.2 Å². The molecule has 0 saturated carbocycles. The molecule has 1 rings (SSSR count). The van der Waals surface area contributed by atoms with Gasteiger partial charge in [-0.25, -0.2) is 0 Å². The molecule has 1 unspecified atom stereocenters. The van der Waals surface area contributed by atoms with Crippen LogP contribution in [0.2, 0.25) is 0 Å². The van der Waals surface area contributed by atoms with Crippen molar-refractivity contribution in [3.8, 4) is 0 Å². The van der Waals surface area contributed by atoms with E-state index in [1.807, 2.05) is 7.05 Å². The minimum Gasteiger partial charge on any atom is -0.167 e. The number of halogens is 1. The Balaban J connectivity index is 2.69. The van der Waals surface area contributed by atoms with Gasteiger partial charge in [0.25, 0.3) is 0 Å². The third kappa shape index (κ3) is 3.54. The molecule has 5 heteroatoms. The van der Waals surface area contributed by atoms with E-state index in [9.17, 15) is 0 Å². The summed E-state index contributed by atoms with van der Waals surface area (Å²) in [6.45, 7) is 4.47. The van der Waals surface area contributed by atoms with Gasteiger partial charge in [0.05, 0.1) is 7.05 Å². The second-order valence-corrected chi connectivity index (χ2v) is 5.02. The molecule has 0 fully saturated rings. The Labute approximate surface area is 106 Å². The van der Waals surface area contributed by atoms with Gasteiger partial charge >= 0.3 is 0 Å². The monoisotopic (exact) mass is 288 g/mol. The highest BCUT2D eigenvalue weighted by molar-refractivity contribution is 9.09. The zero-order valence-electron chi connectivity index (χ0n) is 10.4. The molecule has 0 saturated heterocycles. The van der Waals surface area contributed by atoms with E-state index in [0.29, 0.717) is 5.41 Å². The van der Waals surface area contributed by atoms with E-state index in [2.05, 4.69) is 45.2 Å². The zero-order valence-corrected chi connectivity index (χ0v) is 12.0. The molecule has 0 bridgehead atoms. The van der Waals surface area contributed by atoms with Gasteiger partial charge in [0.15, 0.2) is 5.82 Å². The first-order valence-corrected chi connectivity index (χ1v) is 7.07. The lowest BCUT2D eigenvalue weighted by Crippen LogP contribution is -2.25. The number of tetrazole rings is 1. The fourth-order valence-electron chi connectivity index (χ4n) is 1.88. The first-order chi connectivity index (χ1) is 7.65. The van der Waals surface area contributed by atoms with E-state index in [4.69, 9.17) is 0 Å². The number of unbranched alkanes of at least 4 members (excludes halogenated alkanes) is 1. The predicted octanol–water partition coefficient (Wildman–Crippen LogP) is 2.73. The number of aryl methyl sites for hydroxylation is 1. The van der Waals surface area contributed by atoms with Crippen LogP contribution in [0.1, 0.15) is 45.4 Å². The molecule has 1 aromatic heterocycles. The van der Waals surface area contributed by atoms with Crippen molar-refractivity contribution >= 4 is 15.9 Å². The van der Waals surface area contributed by atoms with Gasteiger partial charge in [0.1, 0.15) is 0 Å². The second kappa shape index (κ2) is 6.33. The van der Waals surface area contributed by atoms with Gasteiger partial charge < -0.3 is 0 Å². The van der Waals surface area contributed by atoms with E-state index >= 15 is 0 Å². The Hall–Kier alpha value is -0.450. The van der Waals surface area contributed by atoms with E-state index < -0.39 is 0 Å². The Bertz CT molecular complexity index is 307. The largest absolute Gasteiger partial charge is 0.175 e. The van der Waals surface area contributed by atoms with E-state index in [0.717, 1.165) is 24.0 Å².